The van der Waals surface area contributed by atoms with E-state index in [1.165, 1.54) is 0 Å². The molecule has 5 heteroatoms. The zero-order valence-electron chi connectivity index (χ0n) is 14.4. The minimum atomic E-state index is -0.565. The summed E-state index contributed by atoms with van der Waals surface area (Å²) in [5.41, 5.74) is 1.14. The summed E-state index contributed by atoms with van der Waals surface area (Å²) in [6.07, 6.45) is 2.51. The molecule has 1 atom stereocenters. The minimum Gasteiger partial charge on any atom is -0.493 e. The van der Waals surface area contributed by atoms with Crippen LogP contribution in [0.25, 0.3) is 0 Å². The predicted molar refractivity (Wildman–Crippen MR) is 87.0 cm³/mol. The van der Waals surface area contributed by atoms with Crippen LogP contribution < -0.4 is 9.47 Å². The summed E-state index contributed by atoms with van der Waals surface area (Å²) in [6, 6.07) is 5.85. The van der Waals surface area contributed by atoms with Crippen LogP contribution in [0.15, 0.2) is 18.2 Å². The number of benzene rings is 1. The number of ketones is 1. The van der Waals surface area contributed by atoms with Gasteiger partial charge in [-0.3, -0.25) is 4.79 Å². The smallest absolute Gasteiger partial charge is 0.163 e. The van der Waals surface area contributed by atoms with Crippen LogP contribution >= 0.6 is 0 Å². The molecule has 0 spiro atoms. The van der Waals surface area contributed by atoms with Gasteiger partial charge in [-0.05, 0) is 44.4 Å². The molecule has 0 radical (unpaired) electrons. The number of carbonyl (C=O) groups excluding carboxylic acids is 1. The number of hydrogen-bond acceptors (Lipinski definition) is 5. The van der Waals surface area contributed by atoms with E-state index in [9.17, 15) is 4.79 Å². The van der Waals surface area contributed by atoms with E-state index < -0.39 is 5.79 Å². The second-order valence-corrected chi connectivity index (χ2v) is 6.24. The van der Waals surface area contributed by atoms with Gasteiger partial charge in [0.2, 0.25) is 0 Å². The van der Waals surface area contributed by atoms with Crippen LogP contribution in [0.3, 0.4) is 0 Å². The van der Waals surface area contributed by atoms with Gasteiger partial charge in [0.25, 0.3) is 0 Å². The van der Waals surface area contributed by atoms with Crippen molar-refractivity contribution in [2.24, 2.45) is 0 Å². The molecule has 1 saturated heterocycles. The summed E-state index contributed by atoms with van der Waals surface area (Å²) < 4.78 is 21.7. The van der Waals surface area contributed by atoms with E-state index in [0.717, 1.165) is 24.2 Å². The highest BCUT2D eigenvalue weighted by Crippen LogP contribution is 2.28. The normalized spacial score (nSPS) is 19.6. The molecular weight excluding hydrogens is 296 g/mol. The Morgan fingerprint density at radius 2 is 2.00 bits per heavy atom. The quantitative estimate of drug-likeness (QED) is 0.736. The van der Waals surface area contributed by atoms with Gasteiger partial charge in [-0.2, -0.15) is 0 Å². The molecule has 5 nitrogen and oxygen atoms in total. The predicted octanol–water partition coefficient (Wildman–Crippen LogP) is 3.14. The standard InChI is InChI=1S/C18H26O5/c1-18(2)22-12-15(23-18)11-14(19)7-5-6-13-8-9-16(20-3)17(10-13)21-4/h8-10,15H,5-7,11-12H2,1-4H3. The molecule has 1 aliphatic heterocycles. The highest BCUT2D eigenvalue weighted by Gasteiger charge is 2.33. The Hall–Kier alpha value is -1.59. The fourth-order valence-corrected chi connectivity index (χ4v) is 2.75. The number of rotatable bonds is 8. The highest BCUT2D eigenvalue weighted by atomic mass is 16.7. The van der Waals surface area contributed by atoms with Crippen LogP contribution in [0.4, 0.5) is 0 Å². The van der Waals surface area contributed by atoms with Crippen molar-refractivity contribution in [3.05, 3.63) is 23.8 Å². The second kappa shape index (κ2) is 7.79. The zero-order valence-corrected chi connectivity index (χ0v) is 14.4. The maximum atomic E-state index is 12.0. The molecule has 2 rings (SSSR count). The molecule has 0 bridgehead atoms. The van der Waals surface area contributed by atoms with Crippen LogP contribution in [0.1, 0.15) is 38.7 Å². The Labute approximate surface area is 137 Å². The average molecular weight is 322 g/mol. The molecule has 0 aliphatic carbocycles. The maximum absolute atomic E-state index is 12.0. The van der Waals surface area contributed by atoms with E-state index in [1.807, 2.05) is 32.0 Å². The van der Waals surface area contributed by atoms with Gasteiger partial charge in [0, 0.05) is 12.8 Å². The zero-order chi connectivity index (χ0) is 16.9. The maximum Gasteiger partial charge on any atom is 0.163 e. The molecule has 1 unspecified atom stereocenters. The molecule has 1 aromatic carbocycles. The second-order valence-electron chi connectivity index (χ2n) is 6.24. The molecule has 1 heterocycles. The third-order valence-corrected chi connectivity index (χ3v) is 3.89. The molecule has 0 saturated carbocycles. The van der Waals surface area contributed by atoms with Gasteiger partial charge in [0.1, 0.15) is 5.78 Å². The van der Waals surface area contributed by atoms with Crippen molar-refractivity contribution in [2.45, 2.75) is 51.4 Å². The lowest BCUT2D eigenvalue weighted by Gasteiger charge is -2.16. The SMILES string of the molecule is COc1ccc(CCCC(=O)CC2COC(C)(C)O2)cc1OC. The topological polar surface area (TPSA) is 54.0 Å². The van der Waals surface area contributed by atoms with Gasteiger partial charge in [-0.15, -0.1) is 0 Å². The largest absolute Gasteiger partial charge is 0.493 e. The molecule has 0 N–H and O–H groups in total. The molecule has 128 valence electrons. The summed E-state index contributed by atoms with van der Waals surface area (Å²) in [7, 11) is 3.24. The van der Waals surface area contributed by atoms with Crippen molar-refractivity contribution < 1.29 is 23.7 Å². The average Bonchev–Trinajstić information content (AvgIpc) is 2.85. The molecule has 1 aromatic rings. The summed E-state index contributed by atoms with van der Waals surface area (Å²) in [4.78, 5) is 12.0. The summed E-state index contributed by atoms with van der Waals surface area (Å²) in [5.74, 6) is 1.09. The number of aryl methyl sites for hydroxylation is 1. The Bertz CT molecular complexity index is 538. The Morgan fingerprint density at radius 1 is 1.26 bits per heavy atom. The molecule has 0 aromatic heterocycles. The van der Waals surface area contributed by atoms with Crippen LogP contribution in [0, 0.1) is 0 Å². The lowest BCUT2D eigenvalue weighted by Crippen LogP contribution is -2.22. The van der Waals surface area contributed by atoms with Crippen LogP contribution in [-0.2, 0) is 20.7 Å². The molecular formula is C18H26O5. The Balaban J connectivity index is 1.75. The number of carbonyl (C=O) groups is 1. The van der Waals surface area contributed by atoms with Crippen molar-refractivity contribution in [1.29, 1.82) is 0 Å². The molecule has 23 heavy (non-hydrogen) atoms. The van der Waals surface area contributed by atoms with E-state index in [-0.39, 0.29) is 11.9 Å². The molecule has 1 aliphatic rings. The summed E-state index contributed by atoms with van der Waals surface area (Å²) >= 11 is 0. The van der Waals surface area contributed by atoms with E-state index in [2.05, 4.69) is 0 Å². The minimum absolute atomic E-state index is 0.112. The first-order chi connectivity index (χ1) is 10.9. The summed E-state index contributed by atoms with van der Waals surface area (Å²) in [6.45, 7) is 4.23. The molecule has 0 amide bonds. The van der Waals surface area contributed by atoms with Crippen molar-refractivity contribution in [1.82, 2.24) is 0 Å². The van der Waals surface area contributed by atoms with Crippen LogP contribution in [-0.4, -0.2) is 38.5 Å². The van der Waals surface area contributed by atoms with Crippen molar-refractivity contribution in [3.8, 4) is 11.5 Å². The van der Waals surface area contributed by atoms with E-state index in [4.69, 9.17) is 18.9 Å². The van der Waals surface area contributed by atoms with Crippen molar-refractivity contribution in [3.63, 3.8) is 0 Å². The lowest BCUT2D eigenvalue weighted by molar-refractivity contribution is -0.142. The van der Waals surface area contributed by atoms with Gasteiger partial charge in [-0.25, -0.2) is 0 Å². The van der Waals surface area contributed by atoms with Gasteiger partial charge >= 0.3 is 0 Å². The van der Waals surface area contributed by atoms with Gasteiger partial charge in [0.15, 0.2) is 17.3 Å². The monoisotopic (exact) mass is 322 g/mol. The Kier molecular flexibility index (Phi) is 6.02. The number of methoxy groups -OCH3 is 2. The van der Waals surface area contributed by atoms with E-state index in [0.29, 0.717) is 25.2 Å². The number of hydrogen-bond donors (Lipinski definition) is 0. The van der Waals surface area contributed by atoms with E-state index in [1.54, 1.807) is 14.2 Å². The van der Waals surface area contributed by atoms with Gasteiger partial charge < -0.3 is 18.9 Å². The Morgan fingerprint density at radius 3 is 2.61 bits per heavy atom. The third kappa shape index (κ3) is 5.22. The highest BCUT2D eigenvalue weighted by molar-refractivity contribution is 5.78. The first kappa shape index (κ1) is 17.8. The molecule has 1 fully saturated rings. The fourth-order valence-electron chi connectivity index (χ4n) is 2.75. The first-order valence-corrected chi connectivity index (χ1v) is 7.98. The van der Waals surface area contributed by atoms with Crippen molar-refractivity contribution in [2.75, 3.05) is 20.8 Å². The van der Waals surface area contributed by atoms with E-state index >= 15 is 0 Å². The fraction of sp³-hybridized carbons (Fsp3) is 0.611. The third-order valence-electron chi connectivity index (χ3n) is 3.89. The van der Waals surface area contributed by atoms with Gasteiger partial charge in [0.05, 0.1) is 26.9 Å². The lowest BCUT2D eigenvalue weighted by atomic mass is 10.0. The van der Waals surface area contributed by atoms with Gasteiger partial charge in [-0.1, -0.05) is 6.07 Å². The van der Waals surface area contributed by atoms with Crippen LogP contribution in [0.5, 0.6) is 11.5 Å². The first-order valence-electron chi connectivity index (χ1n) is 7.98. The van der Waals surface area contributed by atoms with Crippen molar-refractivity contribution >= 4 is 5.78 Å². The number of ether oxygens (including phenoxy) is 4. The number of Topliss-reactive ketones (excluding diaryl/α,β-unsaturated/α-hetero) is 1. The van der Waals surface area contributed by atoms with Crippen LogP contribution in [0.2, 0.25) is 0 Å². The summed E-state index contributed by atoms with van der Waals surface area (Å²) in [5, 5.41) is 0.